The summed E-state index contributed by atoms with van der Waals surface area (Å²) in [5.74, 6) is -2.15. The first kappa shape index (κ1) is 15.5. The molecule has 1 aliphatic heterocycles. The zero-order valence-electron chi connectivity index (χ0n) is 11.7. The highest BCUT2D eigenvalue weighted by Crippen LogP contribution is 2.38. The van der Waals surface area contributed by atoms with Crippen molar-refractivity contribution in [1.82, 2.24) is 5.32 Å². The van der Waals surface area contributed by atoms with Gasteiger partial charge in [-0.25, -0.2) is 9.18 Å². The van der Waals surface area contributed by atoms with Crippen molar-refractivity contribution in [1.29, 1.82) is 0 Å². The van der Waals surface area contributed by atoms with E-state index in [0.29, 0.717) is 5.70 Å². The van der Waals surface area contributed by atoms with E-state index in [0.717, 1.165) is 0 Å². The van der Waals surface area contributed by atoms with Crippen LogP contribution in [0.1, 0.15) is 31.7 Å². The first-order valence-corrected chi connectivity index (χ1v) is 6.95. The van der Waals surface area contributed by atoms with Crippen LogP contribution in [0, 0.1) is 5.82 Å². The Hall–Kier alpha value is -1.88. The lowest BCUT2D eigenvalue weighted by Crippen LogP contribution is -2.34. The number of hydrogen-bond acceptors (Lipinski definition) is 3. The highest BCUT2D eigenvalue weighted by molar-refractivity contribution is 6.31. The molecule has 4 nitrogen and oxygen atoms in total. The molecule has 1 amide bonds. The van der Waals surface area contributed by atoms with Crippen LogP contribution < -0.4 is 5.32 Å². The fourth-order valence-electron chi connectivity index (χ4n) is 2.47. The average molecular weight is 312 g/mol. The molecule has 1 N–H and O–H groups in total. The summed E-state index contributed by atoms with van der Waals surface area (Å²) >= 11 is 6.06. The standard InChI is InChI=1S/C15H15ClFNO3/c1-3-21-15(20)13-8(2)18-12(19)7-9(13)14-10(16)5-4-6-11(14)17/h4-6,9H,3,7H2,1-2H3,(H,18,19). The maximum Gasteiger partial charge on any atom is 0.336 e. The summed E-state index contributed by atoms with van der Waals surface area (Å²) in [6.45, 7) is 3.46. The van der Waals surface area contributed by atoms with E-state index in [1.165, 1.54) is 18.2 Å². The van der Waals surface area contributed by atoms with Crippen molar-refractivity contribution >= 4 is 23.5 Å². The first-order chi connectivity index (χ1) is 9.95. The quantitative estimate of drug-likeness (QED) is 0.873. The third kappa shape index (κ3) is 3.08. The number of benzene rings is 1. The van der Waals surface area contributed by atoms with Crippen LogP contribution in [-0.2, 0) is 14.3 Å². The second kappa shape index (κ2) is 6.26. The number of halogens is 2. The van der Waals surface area contributed by atoms with Gasteiger partial charge in [0.25, 0.3) is 0 Å². The summed E-state index contributed by atoms with van der Waals surface area (Å²) < 4.78 is 19.1. The van der Waals surface area contributed by atoms with Crippen molar-refractivity contribution in [2.24, 2.45) is 0 Å². The van der Waals surface area contributed by atoms with Crippen LogP contribution in [0.5, 0.6) is 0 Å². The van der Waals surface area contributed by atoms with Gasteiger partial charge in [0, 0.05) is 28.6 Å². The summed E-state index contributed by atoms with van der Waals surface area (Å²) in [5.41, 5.74) is 0.758. The SMILES string of the molecule is CCOC(=O)C1=C(C)NC(=O)CC1c1c(F)cccc1Cl. The number of esters is 1. The molecular weight excluding hydrogens is 297 g/mol. The normalized spacial score (nSPS) is 18.5. The van der Waals surface area contributed by atoms with Crippen molar-refractivity contribution in [3.05, 3.63) is 45.9 Å². The molecule has 0 radical (unpaired) electrons. The Morgan fingerprint density at radius 3 is 2.86 bits per heavy atom. The van der Waals surface area contributed by atoms with Crippen molar-refractivity contribution in [3.63, 3.8) is 0 Å². The molecule has 0 saturated heterocycles. The number of carbonyl (C=O) groups is 2. The molecule has 1 unspecified atom stereocenters. The van der Waals surface area contributed by atoms with E-state index in [2.05, 4.69) is 5.32 Å². The van der Waals surface area contributed by atoms with E-state index in [-0.39, 0.29) is 35.1 Å². The molecule has 1 heterocycles. The Kier molecular flexibility index (Phi) is 4.63. The zero-order chi connectivity index (χ0) is 15.6. The van der Waals surface area contributed by atoms with Crippen molar-refractivity contribution in [3.8, 4) is 0 Å². The third-order valence-electron chi connectivity index (χ3n) is 3.31. The van der Waals surface area contributed by atoms with Crippen LogP contribution >= 0.6 is 11.6 Å². The van der Waals surface area contributed by atoms with Gasteiger partial charge in [0.1, 0.15) is 5.82 Å². The molecule has 1 aromatic carbocycles. The predicted octanol–water partition coefficient (Wildman–Crippen LogP) is 2.92. The molecule has 1 atom stereocenters. The van der Waals surface area contributed by atoms with Gasteiger partial charge in [-0.2, -0.15) is 0 Å². The summed E-state index contributed by atoms with van der Waals surface area (Å²) in [4.78, 5) is 23.9. The molecular formula is C15H15ClFNO3. The third-order valence-corrected chi connectivity index (χ3v) is 3.64. The van der Waals surface area contributed by atoms with Gasteiger partial charge in [-0.15, -0.1) is 0 Å². The molecule has 0 spiro atoms. The molecule has 1 aromatic rings. The summed E-state index contributed by atoms with van der Waals surface area (Å²) in [5, 5.41) is 2.77. The predicted molar refractivity (Wildman–Crippen MR) is 76.2 cm³/mol. The minimum absolute atomic E-state index is 0.0495. The van der Waals surface area contributed by atoms with Gasteiger partial charge in [-0.3, -0.25) is 4.79 Å². The van der Waals surface area contributed by atoms with Crippen LogP contribution in [-0.4, -0.2) is 18.5 Å². The van der Waals surface area contributed by atoms with E-state index in [1.54, 1.807) is 13.8 Å². The highest BCUT2D eigenvalue weighted by atomic mass is 35.5. The fourth-order valence-corrected chi connectivity index (χ4v) is 2.77. The van der Waals surface area contributed by atoms with E-state index >= 15 is 0 Å². The topological polar surface area (TPSA) is 55.4 Å². The smallest absolute Gasteiger partial charge is 0.336 e. The Labute approximate surface area is 126 Å². The summed E-state index contributed by atoms with van der Waals surface area (Å²) in [7, 11) is 0. The minimum atomic E-state index is -0.744. The Morgan fingerprint density at radius 1 is 1.52 bits per heavy atom. The van der Waals surface area contributed by atoms with E-state index in [9.17, 15) is 14.0 Å². The first-order valence-electron chi connectivity index (χ1n) is 6.57. The summed E-state index contributed by atoms with van der Waals surface area (Å²) in [6, 6.07) is 4.26. The lowest BCUT2D eigenvalue weighted by Gasteiger charge is -2.27. The molecule has 6 heteroatoms. The Balaban J connectivity index is 2.55. The number of allylic oxidation sites excluding steroid dienone is 1. The van der Waals surface area contributed by atoms with Crippen LogP contribution in [0.3, 0.4) is 0 Å². The molecule has 0 aromatic heterocycles. The summed E-state index contributed by atoms with van der Waals surface area (Å²) in [6.07, 6.45) is -0.0495. The van der Waals surface area contributed by atoms with Crippen LogP contribution in [0.25, 0.3) is 0 Å². The number of carbonyl (C=O) groups excluding carboxylic acids is 2. The largest absolute Gasteiger partial charge is 0.463 e. The second-order valence-electron chi connectivity index (χ2n) is 4.70. The Bertz CT molecular complexity index is 607. The minimum Gasteiger partial charge on any atom is -0.463 e. The molecule has 0 aliphatic carbocycles. The molecule has 1 aliphatic rings. The van der Waals surface area contributed by atoms with E-state index < -0.39 is 17.7 Å². The van der Waals surface area contributed by atoms with Crippen LogP contribution in [0.2, 0.25) is 5.02 Å². The van der Waals surface area contributed by atoms with Crippen molar-refractivity contribution in [2.45, 2.75) is 26.2 Å². The highest BCUT2D eigenvalue weighted by Gasteiger charge is 2.35. The molecule has 0 saturated carbocycles. The maximum absolute atomic E-state index is 14.1. The number of rotatable bonds is 3. The van der Waals surface area contributed by atoms with Crippen molar-refractivity contribution < 1.29 is 18.7 Å². The maximum atomic E-state index is 14.1. The number of ether oxygens (including phenoxy) is 1. The van der Waals surface area contributed by atoms with Gasteiger partial charge in [-0.1, -0.05) is 17.7 Å². The van der Waals surface area contributed by atoms with Crippen LogP contribution in [0.15, 0.2) is 29.5 Å². The van der Waals surface area contributed by atoms with E-state index in [4.69, 9.17) is 16.3 Å². The molecule has 0 fully saturated rings. The monoisotopic (exact) mass is 311 g/mol. The number of amides is 1. The average Bonchev–Trinajstić information content (AvgIpc) is 2.37. The second-order valence-corrected chi connectivity index (χ2v) is 5.11. The molecule has 112 valence electrons. The van der Waals surface area contributed by atoms with Gasteiger partial charge >= 0.3 is 5.97 Å². The lowest BCUT2D eigenvalue weighted by atomic mass is 9.84. The van der Waals surface area contributed by atoms with Gasteiger partial charge in [0.15, 0.2) is 0 Å². The lowest BCUT2D eigenvalue weighted by molar-refractivity contribution is -0.139. The molecule has 2 rings (SSSR count). The fraction of sp³-hybridized carbons (Fsp3) is 0.333. The van der Waals surface area contributed by atoms with Gasteiger partial charge in [0.2, 0.25) is 5.91 Å². The number of nitrogens with one attached hydrogen (secondary N) is 1. The van der Waals surface area contributed by atoms with Gasteiger partial charge < -0.3 is 10.1 Å². The van der Waals surface area contributed by atoms with Gasteiger partial charge in [0.05, 0.1) is 12.2 Å². The molecule has 0 bridgehead atoms. The number of hydrogen-bond donors (Lipinski definition) is 1. The van der Waals surface area contributed by atoms with Crippen molar-refractivity contribution in [2.75, 3.05) is 6.61 Å². The van der Waals surface area contributed by atoms with Crippen LogP contribution in [0.4, 0.5) is 4.39 Å². The zero-order valence-corrected chi connectivity index (χ0v) is 12.5. The Morgan fingerprint density at radius 2 is 2.24 bits per heavy atom. The van der Waals surface area contributed by atoms with Gasteiger partial charge in [-0.05, 0) is 26.0 Å². The molecule has 21 heavy (non-hydrogen) atoms. The van der Waals surface area contributed by atoms with E-state index in [1.807, 2.05) is 0 Å².